The van der Waals surface area contributed by atoms with Crippen LogP contribution < -0.4 is 16.6 Å². The van der Waals surface area contributed by atoms with E-state index < -0.39 is 0 Å². The number of hydrazine groups is 1. The van der Waals surface area contributed by atoms with Crippen molar-refractivity contribution in [3.8, 4) is 0 Å². The van der Waals surface area contributed by atoms with Gasteiger partial charge in [-0.15, -0.1) is 0 Å². The third-order valence-corrected chi connectivity index (χ3v) is 3.88. The van der Waals surface area contributed by atoms with E-state index in [9.17, 15) is 4.79 Å². The van der Waals surface area contributed by atoms with Gasteiger partial charge in [-0.25, -0.2) is 10.8 Å². The number of halogens is 1. The summed E-state index contributed by atoms with van der Waals surface area (Å²) in [4.78, 5) is 16.2. The van der Waals surface area contributed by atoms with Gasteiger partial charge in [0.15, 0.2) is 5.82 Å². The molecule has 0 aliphatic heterocycles. The molecular weight excluding hydrogens is 328 g/mol. The first-order valence-corrected chi connectivity index (χ1v) is 8.04. The minimum absolute atomic E-state index is 0.121. The van der Waals surface area contributed by atoms with Crippen LogP contribution in [0.25, 0.3) is 0 Å². The molecule has 1 atom stereocenters. The summed E-state index contributed by atoms with van der Waals surface area (Å²) in [6.45, 7) is 4.12. The number of amides is 1. The molecule has 4 N–H and O–H groups in total. The number of hydrogen-bond acceptors (Lipinski definition) is 5. The van der Waals surface area contributed by atoms with Crippen molar-refractivity contribution in [3.05, 3.63) is 22.3 Å². The number of nitrogens with one attached hydrogen (secondary N) is 2. The van der Waals surface area contributed by atoms with Crippen LogP contribution in [0, 0.1) is 0 Å². The number of rotatable bonds is 7. The molecule has 0 aromatic carbocycles. The number of nitrogens with zero attached hydrogens (tertiary/aromatic N) is 1. The van der Waals surface area contributed by atoms with Gasteiger partial charge in [0.05, 0.1) is 5.56 Å². The van der Waals surface area contributed by atoms with E-state index >= 15 is 0 Å². The minimum atomic E-state index is -0.171. The largest absolute Gasteiger partial charge is 0.349 e. The number of nitrogens with two attached hydrogens (primary N) is 1. The first kappa shape index (κ1) is 16.3. The minimum Gasteiger partial charge on any atom is -0.349 e. The van der Waals surface area contributed by atoms with Gasteiger partial charge in [0.1, 0.15) is 0 Å². The first-order chi connectivity index (χ1) is 9.08. The van der Waals surface area contributed by atoms with Crippen LogP contribution in [0.5, 0.6) is 0 Å². The van der Waals surface area contributed by atoms with Gasteiger partial charge < -0.3 is 10.7 Å². The van der Waals surface area contributed by atoms with Gasteiger partial charge in [-0.05, 0) is 46.8 Å². The van der Waals surface area contributed by atoms with Crippen LogP contribution in [-0.2, 0) is 0 Å². The molecule has 1 rings (SSSR count). The summed E-state index contributed by atoms with van der Waals surface area (Å²) >= 11 is 5.16. The summed E-state index contributed by atoms with van der Waals surface area (Å²) in [5.74, 6) is 7.69. The van der Waals surface area contributed by atoms with Crippen molar-refractivity contribution in [2.24, 2.45) is 5.84 Å². The van der Waals surface area contributed by atoms with Crippen molar-refractivity contribution in [2.75, 3.05) is 16.9 Å². The predicted octanol–water partition coefficient (Wildman–Crippen LogP) is 2.39. The van der Waals surface area contributed by atoms with Crippen molar-refractivity contribution in [2.45, 2.75) is 26.3 Å². The monoisotopic (exact) mass is 346 g/mol. The van der Waals surface area contributed by atoms with E-state index in [0.717, 1.165) is 22.4 Å². The average molecular weight is 347 g/mol. The third kappa shape index (κ3) is 5.38. The van der Waals surface area contributed by atoms with E-state index in [2.05, 4.69) is 38.6 Å². The second-order valence-electron chi connectivity index (χ2n) is 4.05. The van der Waals surface area contributed by atoms with Gasteiger partial charge in [0.25, 0.3) is 5.91 Å². The quantitative estimate of drug-likeness (QED) is 0.401. The molecular formula is C12H19BrN4OS. The highest BCUT2D eigenvalue weighted by atomic mass is 79.9. The highest BCUT2D eigenvalue weighted by molar-refractivity contribution is 9.10. The fourth-order valence-electron chi connectivity index (χ4n) is 1.51. The van der Waals surface area contributed by atoms with Crippen molar-refractivity contribution in [3.63, 3.8) is 0 Å². The molecule has 0 bridgehead atoms. The van der Waals surface area contributed by atoms with E-state index in [0.29, 0.717) is 11.4 Å². The zero-order valence-corrected chi connectivity index (χ0v) is 13.5. The lowest BCUT2D eigenvalue weighted by Crippen LogP contribution is -2.34. The molecule has 106 valence electrons. The van der Waals surface area contributed by atoms with E-state index in [1.165, 1.54) is 0 Å². The molecule has 1 amide bonds. The smallest absolute Gasteiger partial charge is 0.255 e. The molecule has 0 fully saturated rings. The highest BCUT2D eigenvalue weighted by Gasteiger charge is 2.15. The summed E-state index contributed by atoms with van der Waals surface area (Å²) in [5, 5.41) is 2.95. The number of carbonyl (C=O) groups is 1. The molecule has 19 heavy (non-hydrogen) atoms. The molecule has 0 spiro atoms. The molecule has 1 unspecified atom stereocenters. The molecule has 1 aromatic rings. The van der Waals surface area contributed by atoms with Gasteiger partial charge in [-0.1, -0.05) is 6.92 Å². The summed E-state index contributed by atoms with van der Waals surface area (Å²) in [6.07, 6.45) is 2.53. The van der Waals surface area contributed by atoms with Gasteiger partial charge >= 0.3 is 0 Å². The molecule has 0 radical (unpaired) electrons. The first-order valence-electron chi connectivity index (χ1n) is 6.09. The molecule has 0 aliphatic rings. The molecule has 5 nitrogen and oxygen atoms in total. The van der Waals surface area contributed by atoms with Crippen LogP contribution in [0.1, 0.15) is 30.6 Å². The van der Waals surface area contributed by atoms with Crippen LogP contribution in [-0.4, -0.2) is 28.4 Å². The fraction of sp³-hybridized carbons (Fsp3) is 0.500. The SMILES string of the molecule is CCSCCC(C)NC(=O)c1cc(Br)cnc1NN. The van der Waals surface area contributed by atoms with E-state index in [-0.39, 0.29) is 11.9 Å². The topological polar surface area (TPSA) is 80.0 Å². The van der Waals surface area contributed by atoms with Crippen LogP contribution in [0.15, 0.2) is 16.7 Å². The maximum Gasteiger partial charge on any atom is 0.255 e. The molecule has 0 saturated heterocycles. The number of carbonyl (C=O) groups excluding carboxylic acids is 1. The second kappa shape index (κ2) is 8.39. The van der Waals surface area contributed by atoms with Crippen molar-refractivity contribution >= 4 is 39.4 Å². The lowest BCUT2D eigenvalue weighted by molar-refractivity contribution is 0.0940. The Balaban J connectivity index is 2.64. The number of thioether (sulfide) groups is 1. The van der Waals surface area contributed by atoms with Crippen LogP contribution in [0.3, 0.4) is 0 Å². The Kier molecular flexibility index (Phi) is 7.19. The Morgan fingerprint density at radius 2 is 2.37 bits per heavy atom. The number of nitrogen functional groups attached to an aromatic ring is 1. The normalized spacial score (nSPS) is 12.0. The van der Waals surface area contributed by atoms with Crippen LogP contribution in [0.2, 0.25) is 0 Å². The Morgan fingerprint density at radius 1 is 1.63 bits per heavy atom. The molecule has 0 aliphatic carbocycles. The van der Waals surface area contributed by atoms with Crippen LogP contribution in [0.4, 0.5) is 5.82 Å². The Morgan fingerprint density at radius 3 is 3.00 bits per heavy atom. The van der Waals surface area contributed by atoms with Gasteiger partial charge in [-0.3, -0.25) is 4.79 Å². The number of pyridine rings is 1. The fourth-order valence-corrected chi connectivity index (χ4v) is 2.65. The summed E-state index contributed by atoms with van der Waals surface area (Å²) in [7, 11) is 0. The van der Waals surface area contributed by atoms with Gasteiger partial charge in [-0.2, -0.15) is 11.8 Å². The Hall–Kier alpha value is -0.790. The maximum absolute atomic E-state index is 12.1. The molecule has 7 heteroatoms. The third-order valence-electron chi connectivity index (χ3n) is 2.51. The van der Waals surface area contributed by atoms with Crippen LogP contribution >= 0.6 is 27.7 Å². The second-order valence-corrected chi connectivity index (χ2v) is 6.36. The van der Waals surface area contributed by atoms with E-state index in [1.54, 1.807) is 12.3 Å². The zero-order valence-electron chi connectivity index (χ0n) is 11.1. The average Bonchev–Trinajstić information content (AvgIpc) is 2.39. The zero-order chi connectivity index (χ0) is 14.3. The van der Waals surface area contributed by atoms with E-state index in [1.807, 2.05) is 18.7 Å². The van der Waals surface area contributed by atoms with Crippen molar-refractivity contribution in [1.82, 2.24) is 10.3 Å². The number of hydrogen-bond donors (Lipinski definition) is 3. The summed E-state index contributed by atoms with van der Waals surface area (Å²) in [5.41, 5.74) is 2.87. The molecule has 0 saturated carbocycles. The maximum atomic E-state index is 12.1. The predicted molar refractivity (Wildman–Crippen MR) is 84.3 cm³/mol. The lowest BCUT2D eigenvalue weighted by Gasteiger charge is -2.15. The van der Waals surface area contributed by atoms with Crippen molar-refractivity contribution in [1.29, 1.82) is 0 Å². The van der Waals surface area contributed by atoms with E-state index in [4.69, 9.17) is 5.84 Å². The Bertz CT molecular complexity index is 430. The number of aromatic nitrogens is 1. The highest BCUT2D eigenvalue weighted by Crippen LogP contribution is 2.17. The Labute approximate surface area is 126 Å². The van der Waals surface area contributed by atoms with Gasteiger partial charge in [0, 0.05) is 16.7 Å². The molecule has 1 aromatic heterocycles. The van der Waals surface area contributed by atoms with Gasteiger partial charge in [0.2, 0.25) is 0 Å². The summed E-state index contributed by atoms with van der Waals surface area (Å²) in [6, 6.07) is 1.82. The standard InChI is InChI=1S/C12H19BrN4OS/c1-3-19-5-4-8(2)16-12(18)10-6-9(13)7-15-11(10)17-14/h6-8H,3-5,14H2,1-2H3,(H,15,17)(H,16,18). The summed E-state index contributed by atoms with van der Waals surface area (Å²) < 4.78 is 0.742. The lowest BCUT2D eigenvalue weighted by atomic mass is 10.2. The molecule has 1 heterocycles. The van der Waals surface area contributed by atoms with Crippen molar-refractivity contribution < 1.29 is 4.79 Å². The number of anilines is 1.